The van der Waals surface area contributed by atoms with Gasteiger partial charge in [-0.15, -0.1) is 11.3 Å². The lowest BCUT2D eigenvalue weighted by Gasteiger charge is -2.26. The fraction of sp³-hybridized carbons (Fsp3) is 0.368. The van der Waals surface area contributed by atoms with Crippen molar-refractivity contribution in [1.82, 2.24) is 14.5 Å². The Morgan fingerprint density at radius 2 is 1.96 bits per heavy atom. The summed E-state index contributed by atoms with van der Waals surface area (Å²) in [4.78, 5) is 15.9. The van der Waals surface area contributed by atoms with Gasteiger partial charge in [-0.05, 0) is 50.0 Å². The van der Waals surface area contributed by atoms with Gasteiger partial charge in [-0.25, -0.2) is 4.52 Å². The molecule has 0 bridgehead atoms. The van der Waals surface area contributed by atoms with Gasteiger partial charge in [0.05, 0.1) is 11.8 Å². The maximum absolute atomic E-state index is 12.4. The number of anilines is 1. The summed E-state index contributed by atoms with van der Waals surface area (Å²) in [5.74, 6) is -0.112. The molecule has 2 aromatic heterocycles. The molecule has 1 fully saturated rings. The van der Waals surface area contributed by atoms with E-state index in [-0.39, 0.29) is 5.91 Å². The number of aromatic nitrogens is 2. The van der Waals surface area contributed by atoms with Gasteiger partial charge in [0, 0.05) is 23.8 Å². The fourth-order valence-electron chi connectivity index (χ4n) is 3.31. The third-order valence-electron chi connectivity index (χ3n) is 4.75. The van der Waals surface area contributed by atoms with E-state index in [4.69, 9.17) is 0 Å². The van der Waals surface area contributed by atoms with Gasteiger partial charge in [-0.1, -0.05) is 18.6 Å². The van der Waals surface area contributed by atoms with E-state index < -0.39 is 0 Å². The van der Waals surface area contributed by atoms with Crippen LogP contribution in [0.1, 0.15) is 35.2 Å². The Kier molecular flexibility index (Phi) is 4.81. The summed E-state index contributed by atoms with van der Waals surface area (Å²) >= 11 is 1.52. The molecular weight excluding hydrogens is 332 g/mol. The van der Waals surface area contributed by atoms with Crippen LogP contribution in [0, 0.1) is 0 Å². The van der Waals surface area contributed by atoms with Gasteiger partial charge < -0.3 is 10.2 Å². The smallest absolute Gasteiger partial charge is 0.260 e. The monoisotopic (exact) mass is 354 g/mol. The van der Waals surface area contributed by atoms with Crippen molar-refractivity contribution in [2.45, 2.75) is 25.7 Å². The van der Waals surface area contributed by atoms with E-state index >= 15 is 0 Å². The van der Waals surface area contributed by atoms with Crippen molar-refractivity contribution in [3.8, 4) is 0 Å². The number of rotatable bonds is 5. The van der Waals surface area contributed by atoms with Crippen LogP contribution < -0.4 is 5.32 Å². The molecule has 130 valence electrons. The van der Waals surface area contributed by atoms with E-state index in [0.29, 0.717) is 5.56 Å². The van der Waals surface area contributed by atoms with Crippen molar-refractivity contribution in [2.75, 3.05) is 25.0 Å². The van der Waals surface area contributed by atoms with Gasteiger partial charge in [0.2, 0.25) is 0 Å². The third kappa shape index (κ3) is 3.75. The maximum atomic E-state index is 12.4. The molecule has 0 atom stereocenters. The summed E-state index contributed by atoms with van der Waals surface area (Å²) in [5.41, 5.74) is 2.75. The number of nitrogens with zero attached hydrogens (tertiary/aromatic N) is 3. The molecule has 1 aromatic carbocycles. The molecule has 0 saturated carbocycles. The van der Waals surface area contributed by atoms with E-state index in [9.17, 15) is 4.79 Å². The highest BCUT2D eigenvalue weighted by Crippen LogP contribution is 2.19. The maximum Gasteiger partial charge on any atom is 0.260 e. The number of piperidine rings is 1. The largest absolute Gasteiger partial charge is 0.322 e. The average molecular weight is 354 g/mol. The SMILES string of the molecule is O=C(Nc1ccc(CCN2CCCCC2)cc1)c1cnn2ccsc12. The standard InChI is InChI=1S/C19H22N4OS/c24-18(17-14-20-23-12-13-25-19(17)23)21-16-6-4-15(5-7-16)8-11-22-9-2-1-3-10-22/h4-7,12-14H,1-3,8-11H2,(H,21,24). The van der Waals surface area contributed by atoms with Crippen LogP contribution in [0.15, 0.2) is 42.0 Å². The molecule has 0 aliphatic carbocycles. The highest BCUT2D eigenvalue weighted by molar-refractivity contribution is 7.15. The van der Waals surface area contributed by atoms with E-state index in [1.165, 1.54) is 49.3 Å². The van der Waals surface area contributed by atoms with Crippen LogP contribution in [0.25, 0.3) is 4.83 Å². The zero-order chi connectivity index (χ0) is 17.1. The molecule has 3 heterocycles. The second-order valence-electron chi connectivity index (χ2n) is 6.51. The van der Waals surface area contributed by atoms with Gasteiger partial charge >= 0.3 is 0 Å². The lowest BCUT2D eigenvalue weighted by atomic mass is 10.1. The van der Waals surface area contributed by atoms with Crippen molar-refractivity contribution in [3.63, 3.8) is 0 Å². The highest BCUT2D eigenvalue weighted by Gasteiger charge is 2.14. The zero-order valence-electron chi connectivity index (χ0n) is 14.1. The molecule has 1 aliphatic heterocycles. The average Bonchev–Trinajstić information content (AvgIpc) is 3.25. The minimum absolute atomic E-state index is 0.112. The van der Waals surface area contributed by atoms with Crippen molar-refractivity contribution >= 4 is 27.8 Å². The fourth-order valence-corrected chi connectivity index (χ4v) is 4.10. The van der Waals surface area contributed by atoms with E-state index in [0.717, 1.165) is 23.5 Å². The molecule has 0 radical (unpaired) electrons. The van der Waals surface area contributed by atoms with E-state index in [1.54, 1.807) is 10.7 Å². The first-order valence-electron chi connectivity index (χ1n) is 8.83. The minimum atomic E-state index is -0.112. The lowest BCUT2D eigenvalue weighted by molar-refractivity contribution is 0.102. The Morgan fingerprint density at radius 3 is 2.76 bits per heavy atom. The van der Waals surface area contributed by atoms with E-state index in [1.807, 2.05) is 23.7 Å². The Balaban J connectivity index is 1.35. The molecule has 4 rings (SSSR count). The molecule has 0 unspecified atom stereocenters. The highest BCUT2D eigenvalue weighted by atomic mass is 32.1. The first-order valence-corrected chi connectivity index (χ1v) is 9.71. The van der Waals surface area contributed by atoms with Gasteiger partial charge in [-0.3, -0.25) is 4.79 Å². The van der Waals surface area contributed by atoms with Crippen LogP contribution in [0.5, 0.6) is 0 Å². The van der Waals surface area contributed by atoms with Crippen LogP contribution in [-0.2, 0) is 6.42 Å². The number of carbonyl (C=O) groups is 1. The quantitative estimate of drug-likeness (QED) is 0.760. The summed E-state index contributed by atoms with van der Waals surface area (Å²) < 4.78 is 1.73. The molecule has 1 N–H and O–H groups in total. The molecule has 6 heteroatoms. The second-order valence-corrected chi connectivity index (χ2v) is 7.41. The lowest BCUT2D eigenvalue weighted by Crippen LogP contribution is -2.31. The molecule has 1 aliphatic rings. The first-order chi connectivity index (χ1) is 12.3. The normalized spacial score (nSPS) is 15.5. The van der Waals surface area contributed by atoms with Crippen LogP contribution in [-0.4, -0.2) is 40.1 Å². The van der Waals surface area contributed by atoms with Crippen molar-refractivity contribution in [2.24, 2.45) is 0 Å². The Morgan fingerprint density at radius 1 is 1.16 bits per heavy atom. The van der Waals surface area contributed by atoms with Crippen molar-refractivity contribution in [1.29, 1.82) is 0 Å². The predicted molar refractivity (Wildman–Crippen MR) is 101 cm³/mol. The molecule has 5 nitrogen and oxygen atoms in total. The molecule has 0 spiro atoms. The number of hydrogen-bond donors (Lipinski definition) is 1. The van der Waals surface area contributed by atoms with Crippen molar-refractivity contribution < 1.29 is 4.79 Å². The van der Waals surface area contributed by atoms with Gasteiger partial charge in [0.15, 0.2) is 0 Å². The summed E-state index contributed by atoms with van der Waals surface area (Å²) in [5, 5.41) is 9.08. The van der Waals surface area contributed by atoms with Gasteiger partial charge in [0.1, 0.15) is 4.83 Å². The molecule has 25 heavy (non-hydrogen) atoms. The number of amides is 1. The topological polar surface area (TPSA) is 49.6 Å². The van der Waals surface area contributed by atoms with Crippen LogP contribution in [0.3, 0.4) is 0 Å². The number of nitrogens with one attached hydrogen (secondary N) is 1. The third-order valence-corrected chi connectivity index (χ3v) is 5.64. The molecule has 1 amide bonds. The predicted octanol–water partition coefficient (Wildman–Crippen LogP) is 3.68. The Labute approximate surface area is 151 Å². The number of thiazole rings is 1. The van der Waals surface area contributed by atoms with Crippen LogP contribution in [0.4, 0.5) is 5.69 Å². The molecule has 1 saturated heterocycles. The van der Waals surface area contributed by atoms with Crippen molar-refractivity contribution in [3.05, 3.63) is 53.2 Å². The Bertz CT molecular complexity index is 846. The first kappa shape index (κ1) is 16.3. The minimum Gasteiger partial charge on any atom is -0.322 e. The second kappa shape index (κ2) is 7.37. The number of hydrogen-bond acceptors (Lipinski definition) is 4. The summed E-state index contributed by atoms with van der Waals surface area (Å²) in [7, 11) is 0. The number of fused-ring (bicyclic) bond motifs is 1. The number of carbonyl (C=O) groups excluding carboxylic acids is 1. The summed E-state index contributed by atoms with van der Waals surface area (Å²) in [6.07, 6.45) is 8.57. The summed E-state index contributed by atoms with van der Waals surface area (Å²) in [6, 6.07) is 8.19. The van der Waals surface area contributed by atoms with Gasteiger partial charge in [0.25, 0.3) is 5.91 Å². The molecule has 3 aromatic rings. The summed E-state index contributed by atoms with van der Waals surface area (Å²) in [6.45, 7) is 3.59. The van der Waals surface area contributed by atoms with Gasteiger partial charge in [-0.2, -0.15) is 5.10 Å². The number of likely N-dealkylation sites (tertiary alicyclic amines) is 1. The van der Waals surface area contributed by atoms with Crippen LogP contribution in [0.2, 0.25) is 0 Å². The number of benzene rings is 1. The molecular formula is C19H22N4OS. The van der Waals surface area contributed by atoms with Crippen LogP contribution >= 0.6 is 11.3 Å². The zero-order valence-corrected chi connectivity index (χ0v) is 15.0. The van der Waals surface area contributed by atoms with E-state index in [2.05, 4.69) is 27.4 Å². The Hall–Kier alpha value is -2.18.